The van der Waals surface area contributed by atoms with Crippen LogP contribution < -0.4 is 0 Å². The molecule has 0 aromatic carbocycles. The molecule has 2 aliphatic carbocycles. The zero-order valence-corrected chi connectivity index (χ0v) is 9.87. The van der Waals surface area contributed by atoms with Crippen molar-refractivity contribution < 1.29 is 9.90 Å². The Bertz CT molecular complexity index is 229. The maximum absolute atomic E-state index is 11.1. The Balaban J connectivity index is 2.08. The molecule has 0 amide bonds. The van der Waals surface area contributed by atoms with Crippen molar-refractivity contribution >= 4 is 21.9 Å². The summed E-state index contributed by atoms with van der Waals surface area (Å²) in [5.74, 6) is 0.508. The second-order valence-corrected chi connectivity index (χ2v) is 6.00. The van der Waals surface area contributed by atoms with Crippen LogP contribution in [0.1, 0.15) is 38.5 Å². The first-order valence-electron chi connectivity index (χ1n) is 5.55. The standard InChI is InChI=1S/C11H17BrO2/c12-8-5-4-7-2-1-3-9(11(13)14)10(7)6-8/h7-10H,1-6H2,(H,13,14). The highest BCUT2D eigenvalue weighted by Gasteiger charge is 2.40. The Kier molecular flexibility index (Phi) is 3.15. The molecule has 2 aliphatic rings. The van der Waals surface area contributed by atoms with E-state index in [4.69, 9.17) is 5.11 Å². The van der Waals surface area contributed by atoms with Crippen LogP contribution in [0.15, 0.2) is 0 Å². The average Bonchev–Trinajstić information content (AvgIpc) is 2.16. The molecule has 80 valence electrons. The second kappa shape index (κ2) is 4.21. The van der Waals surface area contributed by atoms with E-state index in [1.165, 1.54) is 19.3 Å². The lowest BCUT2D eigenvalue weighted by Crippen LogP contribution is -2.37. The molecule has 2 saturated carbocycles. The molecule has 0 aliphatic heterocycles. The third-order valence-corrected chi connectivity index (χ3v) is 4.74. The summed E-state index contributed by atoms with van der Waals surface area (Å²) in [6.45, 7) is 0. The molecule has 1 N–H and O–H groups in total. The molecule has 0 saturated heterocycles. The van der Waals surface area contributed by atoms with Crippen molar-refractivity contribution in [1.29, 1.82) is 0 Å². The van der Waals surface area contributed by atoms with Gasteiger partial charge in [-0.05, 0) is 37.5 Å². The van der Waals surface area contributed by atoms with E-state index in [1.807, 2.05) is 0 Å². The highest BCUT2D eigenvalue weighted by Crippen LogP contribution is 2.45. The average molecular weight is 261 g/mol. The van der Waals surface area contributed by atoms with Gasteiger partial charge in [0, 0.05) is 4.83 Å². The Morgan fingerprint density at radius 3 is 2.71 bits per heavy atom. The molecule has 4 atom stereocenters. The van der Waals surface area contributed by atoms with Crippen LogP contribution in [0, 0.1) is 17.8 Å². The lowest BCUT2D eigenvalue weighted by molar-refractivity contribution is -0.146. The van der Waals surface area contributed by atoms with Crippen molar-refractivity contribution in [1.82, 2.24) is 0 Å². The summed E-state index contributed by atoms with van der Waals surface area (Å²) in [6, 6.07) is 0. The van der Waals surface area contributed by atoms with E-state index in [9.17, 15) is 4.79 Å². The van der Waals surface area contributed by atoms with Gasteiger partial charge in [-0.15, -0.1) is 0 Å². The summed E-state index contributed by atoms with van der Waals surface area (Å²) in [7, 11) is 0. The van der Waals surface area contributed by atoms with Crippen LogP contribution in [-0.2, 0) is 4.79 Å². The van der Waals surface area contributed by atoms with Crippen LogP contribution in [0.25, 0.3) is 0 Å². The fourth-order valence-corrected chi connectivity index (χ4v) is 3.88. The zero-order chi connectivity index (χ0) is 10.1. The number of rotatable bonds is 1. The van der Waals surface area contributed by atoms with E-state index in [-0.39, 0.29) is 5.92 Å². The SMILES string of the molecule is O=C(O)C1CCCC2CCC(Br)CC21. The Morgan fingerprint density at radius 2 is 2.00 bits per heavy atom. The van der Waals surface area contributed by atoms with E-state index >= 15 is 0 Å². The quantitative estimate of drug-likeness (QED) is 0.736. The molecule has 0 aromatic rings. The topological polar surface area (TPSA) is 37.3 Å². The van der Waals surface area contributed by atoms with Gasteiger partial charge >= 0.3 is 5.97 Å². The first-order valence-corrected chi connectivity index (χ1v) is 6.47. The van der Waals surface area contributed by atoms with Gasteiger partial charge in [0.05, 0.1) is 5.92 Å². The first-order chi connectivity index (χ1) is 6.68. The van der Waals surface area contributed by atoms with Crippen LogP contribution >= 0.6 is 15.9 Å². The number of halogens is 1. The molecule has 2 nitrogen and oxygen atoms in total. The van der Waals surface area contributed by atoms with Crippen molar-refractivity contribution in [3.8, 4) is 0 Å². The lowest BCUT2D eigenvalue weighted by Gasteiger charge is -2.41. The molecule has 0 heterocycles. The van der Waals surface area contributed by atoms with Crippen LogP contribution in [-0.4, -0.2) is 15.9 Å². The summed E-state index contributed by atoms with van der Waals surface area (Å²) < 4.78 is 0. The lowest BCUT2D eigenvalue weighted by atomic mass is 9.65. The van der Waals surface area contributed by atoms with Gasteiger partial charge in [0.25, 0.3) is 0 Å². The third-order valence-electron chi connectivity index (χ3n) is 3.91. The van der Waals surface area contributed by atoms with Crippen molar-refractivity contribution in [2.24, 2.45) is 17.8 Å². The Labute approximate surface area is 93.2 Å². The molecule has 0 radical (unpaired) electrons. The maximum Gasteiger partial charge on any atom is 0.306 e. The summed E-state index contributed by atoms with van der Waals surface area (Å²) in [5, 5.41) is 9.15. The predicted molar refractivity (Wildman–Crippen MR) is 58.5 cm³/mol. The van der Waals surface area contributed by atoms with Gasteiger partial charge in [-0.2, -0.15) is 0 Å². The summed E-state index contributed by atoms with van der Waals surface area (Å²) in [6.07, 6.45) is 6.80. The highest BCUT2D eigenvalue weighted by molar-refractivity contribution is 9.09. The molecule has 14 heavy (non-hydrogen) atoms. The van der Waals surface area contributed by atoms with E-state index in [0.29, 0.717) is 16.7 Å². The fraction of sp³-hybridized carbons (Fsp3) is 0.909. The van der Waals surface area contributed by atoms with Crippen LogP contribution in [0.3, 0.4) is 0 Å². The Morgan fingerprint density at radius 1 is 1.21 bits per heavy atom. The number of carboxylic acids is 1. The van der Waals surface area contributed by atoms with Gasteiger partial charge in [0.1, 0.15) is 0 Å². The van der Waals surface area contributed by atoms with E-state index in [1.54, 1.807) is 0 Å². The maximum atomic E-state index is 11.1. The molecule has 0 spiro atoms. The van der Waals surface area contributed by atoms with Gasteiger partial charge in [0.15, 0.2) is 0 Å². The Hall–Kier alpha value is -0.0500. The van der Waals surface area contributed by atoms with Gasteiger partial charge in [-0.1, -0.05) is 28.8 Å². The van der Waals surface area contributed by atoms with Crippen LogP contribution in [0.4, 0.5) is 0 Å². The second-order valence-electron chi connectivity index (χ2n) is 4.71. The largest absolute Gasteiger partial charge is 0.481 e. The van der Waals surface area contributed by atoms with E-state index in [0.717, 1.165) is 19.3 Å². The normalized spacial score (nSPS) is 42.9. The number of hydrogen-bond donors (Lipinski definition) is 1. The fourth-order valence-electron chi connectivity index (χ4n) is 3.19. The molecule has 0 aromatic heterocycles. The molecule has 2 fully saturated rings. The zero-order valence-electron chi connectivity index (χ0n) is 8.29. The van der Waals surface area contributed by atoms with Crippen molar-refractivity contribution in [2.45, 2.75) is 43.4 Å². The van der Waals surface area contributed by atoms with Crippen molar-refractivity contribution in [3.63, 3.8) is 0 Å². The minimum Gasteiger partial charge on any atom is -0.481 e. The predicted octanol–water partition coefficient (Wildman–Crippen LogP) is 3.05. The molecule has 0 bridgehead atoms. The number of aliphatic carboxylic acids is 1. The molecular formula is C11H17BrO2. The molecular weight excluding hydrogens is 244 g/mol. The van der Waals surface area contributed by atoms with Gasteiger partial charge in [-0.25, -0.2) is 0 Å². The van der Waals surface area contributed by atoms with Gasteiger partial charge in [-0.3, -0.25) is 4.79 Å². The summed E-state index contributed by atoms with van der Waals surface area (Å²) in [5.41, 5.74) is 0. The van der Waals surface area contributed by atoms with Crippen LogP contribution in [0.2, 0.25) is 0 Å². The third kappa shape index (κ3) is 1.97. The highest BCUT2D eigenvalue weighted by atomic mass is 79.9. The van der Waals surface area contributed by atoms with E-state index < -0.39 is 5.97 Å². The summed E-state index contributed by atoms with van der Waals surface area (Å²) in [4.78, 5) is 11.7. The molecule has 4 unspecified atom stereocenters. The first kappa shape index (κ1) is 10.5. The monoisotopic (exact) mass is 260 g/mol. The number of hydrogen-bond acceptors (Lipinski definition) is 1. The van der Waals surface area contributed by atoms with Crippen LogP contribution in [0.5, 0.6) is 0 Å². The van der Waals surface area contributed by atoms with Crippen molar-refractivity contribution in [3.05, 3.63) is 0 Å². The van der Waals surface area contributed by atoms with E-state index in [2.05, 4.69) is 15.9 Å². The number of carbonyl (C=O) groups is 1. The number of alkyl halides is 1. The minimum absolute atomic E-state index is 0.0610. The molecule has 2 rings (SSSR count). The van der Waals surface area contributed by atoms with Crippen molar-refractivity contribution in [2.75, 3.05) is 0 Å². The van der Waals surface area contributed by atoms with Gasteiger partial charge in [0.2, 0.25) is 0 Å². The van der Waals surface area contributed by atoms with Gasteiger partial charge < -0.3 is 5.11 Å². The molecule has 3 heteroatoms. The number of fused-ring (bicyclic) bond motifs is 1. The number of carboxylic acid groups (broad SMARTS) is 1. The smallest absolute Gasteiger partial charge is 0.306 e. The summed E-state index contributed by atoms with van der Waals surface area (Å²) >= 11 is 3.63. The minimum atomic E-state index is -0.568.